The van der Waals surface area contributed by atoms with E-state index >= 15 is 0 Å². The normalized spacial score (nSPS) is 24.2. The molecule has 12 heavy (non-hydrogen) atoms. The third-order valence-electron chi connectivity index (χ3n) is 2.43. The van der Waals surface area contributed by atoms with Crippen molar-refractivity contribution in [3.05, 3.63) is 0 Å². The Morgan fingerprint density at radius 1 is 1.58 bits per heavy atom. The molecular formula is C9H16ClNO. The molecule has 0 aromatic carbocycles. The van der Waals surface area contributed by atoms with Gasteiger partial charge in [-0.25, -0.2) is 0 Å². The molecule has 1 aliphatic rings. The zero-order chi connectivity index (χ0) is 8.97. The van der Waals surface area contributed by atoms with E-state index in [1.54, 1.807) is 0 Å². The summed E-state index contributed by atoms with van der Waals surface area (Å²) >= 11 is 5.52. The summed E-state index contributed by atoms with van der Waals surface area (Å²) in [6, 6.07) is 0.425. The second kappa shape index (κ2) is 4.70. The highest BCUT2D eigenvalue weighted by molar-refractivity contribution is 6.18. The fourth-order valence-corrected chi connectivity index (χ4v) is 1.85. The van der Waals surface area contributed by atoms with E-state index in [1.165, 1.54) is 6.42 Å². The van der Waals surface area contributed by atoms with Gasteiger partial charge in [0.2, 0.25) is 5.91 Å². The van der Waals surface area contributed by atoms with Crippen LogP contribution in [0.1, 0.15) is 32.6 Å². The van der Waals surface area contributed by atoms with Crippen LogP contribution in [0.15, 0.2) is 0 Å². The van der Waals surface area contributed by atoms with Crippen LogP contribution in [0.2, 0.25) is 0 Å². The molecule has 1 fully saturated rings. The highest BCUT2D eigenvalue weighted by Crippen LogP contribution is 2.17. The van der Waals surface area contributed by atoms with Gasteiger partial charge in [0.25, 0.3) is 0 Å². The predicted octanol–water partition coefficient (Wildman–Crippen LogP) is 2.02. The molecule has 1 aliphatic heterocycles. The Morgan fingerprint density at radius 3 is 2.92 bits per heavy atom. The van der Waals surface area contributed by atoms with Gasteiger partial charge < -0.3 is 4.90 Å². The van der Waals surface area contributed by atoms with Gasteiger partial charge in [-0.1, -0.05) is 0 Å². The molecule has 2 nitrogen and oxygen atoms in total. The maximum absolute atomic E-state index is 11.5. The molecule has 1 saturated heterocycles. The van der Waals surface area contributed by atoms with Gasteiger partial charge in [0.1, 0.15) is 0 Å². The van der Waals surface area contributed by atoms with Crippen LogP contribution >= 0.6 is 11.6 Å². The van der Waals surface area contributed by atoms with Crippen LogP contribution in [-0.4, -0.2) is 29.3 Å². The summed E-state index contributed by atoms with van der Waals surface area (Å²) in [6.45, 7) is 3.04. The number of likely N-dealkylation sites (tertiary alicyclic amines) is 1. The molecule has 0 aliphatic carbocycles. The fraction of sp³-hybridized carbons (Fsp3) is 0.889. The number of carbonyl (C=O) groups excluding carboxylic acids is 1. The molecule has 0 bridgehead atoms. The van der Waals surface area contributed by atoms with Gasteiger partial charge in [-0.3, -0.25) is 4.79 Å². The molecule has 1 unspecified atom stereocenters. The van der Waals surface area contributed by atoms with Gasteiger partial charge in [-0.2, -0.15) is 0 Å². The SMILES string of the molecule is CC1CCCCN1C(=O)CCCl. The van der Waals surface area contributed by atoms with Gasteiger partial charge in [0.15, 0.2) is 0 Å². The number of carbonyl (C=O) groups is 1. The molecule has 3 heteroatoms. The van der Waals surface area contributed by atoms with E-state index in [-0.39, 0.29) is 5.91 Å². The molecule has 0 aromatic heterocycles. The highest BCUT2D eigenvalue weighted by atomic mass is 35.5. The summed E-state index contributed by atoms with van der Waals surface area (Å²) in [4.78, 5) is 13.4. The maximum Gasteiger partial charge on any atom is 0.224 e. The van der Waals surface area contributed by atoms with Crippen molar-refractivity contribution in [2.24, 2.45) is 0 Å². The van der Waals surface area contributed by atoms with Crippen LogP contribution in [0.25, 0.3) is 0 Å². The van der Waals surface area contributed by atoms with E-state index in [0.29, 0.717) is 18.3 Å². The summed E-state index contributed by atoms with van der Waals surface area (Å²) in [7, 11) is 0. The molecule has 0 N–H and O–H groups in total. The Labute approximate surface area is 78.9 Å². The zero-order valence-electron chi connectivity index (χ0n) is 7.55. The number of hydrogen-bond acceptors (Lipinski definition) is 1. The summed E-state index contributed by atoms with van der Waals surface area (Å²) in [6.07, 6.45) is 4.05. The third kappa shape index (κ3) is 2.37. The van der Waals surface area contributed by atoms with Gasteiger partial charge in [0, 0.05) is 24.9 Å². The third-order valence-corrected chi connectivity index (χ3v) is 2.62. The first-order valence-electron chi connectivity index (χ1n) is 4.61. The highest BCUT2D eigenvalue weighted by Gasteiger charge is 2.21. The molecule has 0 saturated carbocycles. The van der Waals surface area contributed by atoms with E-state index in [9.17, 15) is 4.79 Å². The lowest BCUT2D eigenvalue weighted by molar-refractivity contribution is -0.133. The monoisotopic (exact) mass is 189 g/mol. The lowest BCUT2D eigenvalue weighted by atomic mass is 10.0. The van der Waals surface area contributed by atoms with Gasteiger partial charge >= 0.3 is 0 Å². The van der Waals surface area contributed by atoms with Crippen molar-refractivity contribution < 1.29 is 4.79 Å². The Bertz CT molecular complexity index is 161. The minimum Gasteiger partial charge on any atom is -0.340 e. The van der Waals surface area contributed by atoms with Crippen molar-refractivity contribution in [2.45, 2.75) is 38.6 Å². The van der Waals surface area contributed by atoms with E-state index in [4.69, 9.17) is 11.6 Å². The van der Waals surface area contributed by atoms with Crippen LogP contribution in [0.5, 0.6) is 0 Å². The number of alkyl halides is 1. The Kier molecular flexibility index (Phi) is 3.86. The standard InChI is InChI=1S/C9H16ClNO/c1-8-4-2-3-7-11(8)9(12)5-6-10/h8H,2-7H2,1H3. The van der Waals surface area contributed by atoms with Crippen molar-refractivity contribution in [2.75, 3.05) is 12.4 Å². The first-order chi connectivity index (χ1) is 5.75. The smallest absolute Gasteiger partial charge is 0.224 e. The fourth-order valence-electron chi connectivity index (χ4n) is 1.69. The summed E-state index contributed by atoms with van der Waals surface area (Å²) in [5, 5.41) is 0. The van der Waals surface area contributed by atoms with E-state index < -0.39 is 0 Å². The Morgan fingerprint density at radius 2 is 2.33 bits per heavy atom. The minimum absolute atomic E-state index is 0.220. The van der Waals surface area contributed by atoms with Crippen LogP contribution < -0.4 is 0 Å². The predicted molar refractivity (Wildman–Crippen MR) is 50.4 cm³/mol. The van der Waals surface area contributed by atoms with Crippen LogP contribution in [0.3, 0.4) is 0 Å². The molecule has 1 heterocycles. The molecule has 0 aromatic rings. The first kappa shape index (κ1) is 9.85. The maximum atomic E-state index is 11.5. The largest absolute Gasteiger partial charge is 0.340 e. The number of halogens is 1. The molecule has 1 amide bonds. The molecule has 0 radical (unpaired) electrons. The molecule has 0 spiro atoms. The van der Waals surface area contributed by atoms with Crippen molar-refractivity contribution in [3.63, 3.8) is 0 Å². The number of amides is 1. The Hall–Kier alpha value is -0.240. The van der Waals surface area contributed by atoms with Gasteiger partial charge in [-0.05, 0) is 26.2 Å². The van der Waals surface area contributed by atoms with E-state index in [0.717, 1.165) is 19.4 Å². The number of hydrogen-bond donors (Lipinski definition) is 0. The second-order valence-corrected chi connectivity index (χ2v) is 3.75. The lowest BCUT2D eigenvalue weighted by Gasteiger charge is -2.33. The molecular weight excluding hydrogens is 174 g/mol. The quantitative estimate of drug-likeness (QED) is 0.609. The van der Waals surface area contributed by atoms with Crippen molar-refractivity contribution in [3.8, 4) is 0 Å². The number of nitrogens with zero attached hydrogens (tertiary/aromatic N) is 1. The average molecular weight is 190 g/mol. The molecule has 70 valence electrons. The van der Waals surface area contributed by atoms with Gasteiger partial charge in [-0.15, -0.1) is 11.6 Å². The minimum atomic E-state index is 0.220. The average Bonchev–Trinajstić information content (AvgIpc) is 2.05. The van der Waals surface area contributed by atoms with Crippen LogP contribution in [0.4, 0.5) is 0 Å². The van der Waals surface area contributed by atoms with E-state index in [2.05, 4.69) is 6.92 Å². The van der Waals surface area contributed by atoms with Crippen LogP contribution in [0, 0.1) is 0 Å². The lowest BCUT2D eigenvalue weighted by Crippen LogP contribution is -2.42. The Balaban J connectivity index is 2.42. The van der Waals surface area contributed by atoms with Crippen LogP contribution in [-0.2, 0) is 4.79 Å². The summed E-state index contributed by atoms with van der Waals surface area (Å²) in [5.74, 6) is 0.666. The second-order valence-electron chi connectivity index (χ2n) is 3.37. The number of piperidine rings is 1. The summed E-state index contributed by atoms with van der Waals surface area (Å²) in [5.41, 5.74) is 0. The van der Waals surface area contributed by atoms with E-state index in [1.807, 2.05) is 4.90 Å². The molecule has 1 atom stereocenters. The first-order valence-corrected chi connectivity index (χ1v) is 5.14. The zero-order valence-corrected chi connectivity index (χ0v) is 8.31. The summed E-state index contributed by atoms with van der Waals surface area (Å²) < 4.78 is 0. The van der Waals surface area contributed by atoms with Crippen molar-refractivity contribution >= 4 is 17.5 Å². The molecule has 1 rings (SSSR count). The number of rotatable bonds is 2. The topological polar surface area (TPSA) is 20.3 Å². The van der Waals surface area contributed by atoms with Crippen molar-refractivity contribution in [1.29, 1.82) is 0 Å². The van der Waals surface area contributed by atoms with Gasteiger partial charge in [0.05, 0.1) is 0 Å². The van der Waals surface area contributed by atoms with Crippen molar-refractivity contribution in [1.82, 2.24) is 4.90 Å².